The summed E-state index contributed by atoms with van der Waals surface area (Å²) in [5.41, 5.74) is 0. The third-order valence-corrected chi connectivity index (χ3v) is 19.2. The normalized spacial score (nSPS) is 13.0. The van der Waals surface area contributed by atoms with Gasteiger partial charge in [0.25, 0.3) is 7.82 Å². The zero-order valence-electron chi connectivity index (χ0n) is 60.0. The molecule has 88 heavy (non-hydrogen) atoms. The monoisotopic (exact) mass is 1260 g/mol. The first-order valence-electron chi connectivity index (χ1n) is 39.4. The predicted molar refractivity (Wildman–Crippen MR) is 379 cm³/mol. The molecule has 524 valence electrons. The van der Waals surface area contributed by atoms with Crippen LogP contribution in [0.3, 0.4) is 0 Å². The van der Waals surface area contributed by atoms with E-state index in [1.807, 2.05) is 21.1 Å². The van der Waals surface area contributed by atoms with E-state index in [9.17, 15) is 19.0 Å². The molecule has 0 radical (unpaired) electrons. The quantitative estimate of drug-likeness (QED) is 0.0195. The van der Waals surface area contributed by atoms with Crippen molar-refractivity contribution in [1.82, 2.24) is 0 Å². The van der Waals surface area contributed by atoms with Crippen molar-refractivity contribution in [3.63, 3.8) is 0 Å². The lowest BCUT2D eigenvalue weighted by Gasteiger charge is -2.28. The van der Waals surface area contributed by atoms with Crippen LogP contribution in [0.1, 0.15) is 425 Å². The number of quaternary nitrogens is 1. The third kappa shape index (κ3) is 73.8. The number of unbranched alkanes of at least 4 members (excludes halogenated alkanes) is 59. The number of hydrogen-bond acceptors (Lipinski definition) is 8. The molecule has 0 aromatic heterocycles. The van der Waals surface area contributed by atoms with Gasteiger partial charge in [-0.05, 0) is 38.5 Å². The molecular weight excluding hydrogens is 1110 g/mol. The van der Waals surface area contributed by atoms with Crippen LogP contribution in [0, 0.1) is 0 Å². The average Bonchev–Trinajstić information content (AvgIpc) is 3.60. The molecule has 0 aliphatic heterocycles. The Bertz CT molecular complexity index is 1490. The van der Waals surface area contributed by atoms with Gasteiger partial charge in [-0.1, -0.05) is 386 Å². The first kappa shape index (κ1) is 86.8. The number of carbonyl (C=O) groups excluding carboxylic acids is 2. The molecule has 0 amide bonds. The van der Waals surface area contributed by atoms with E-state index in [4.69, 9.17) is 18.5 Å². The highest BCUT2D eigenvalue weighted by atomic mass is 31.2. The van der Waals surface area contributed by atoms with Gasteiger partial charge in [0.15, 0.2) is 6.10 Å². The molecule has 0 saturated heterocycles. The van der Waals surface area contributed by atoms with Crippen LogP contribution in [0.25, 0.3) is 0 Å². The van der Waals surface area contributed by atoms with Gasteiger partial charge in [-0.25, -0.2) is 0 Å². The van der Waals surface area contributed by atoms with Crippen LogP contribution < -0.4 is 4.89 Å². The Morgan fingerprint density at radius 1 is 0.341 bits per heavy atom. The van der Waals surface area contributed by atoms with Crippen LogP contribution in [-0.4, -0.2) is 70.0 Å². The van der Waals surface area contributed by atoms with Crippen molar-refractivity contribution < 1.29 is 42.1 Å². The number of ether oxygens (including phenoxy) is 2. The number of nitrogens with zero attached hydrogens (tertiary/aromatic N) is 1. The summed E-state index contributed by atoms with van der Waals surface area (Å²) in [4.78, 5) is 38.1. The molecule has 10 heteroatoms. The van der Waals surface area contributed by atoms with Crippen LogP contribution in [0.2, 0.25) is 0 Å². The van der Waals surface area contributed by atoms with Gasteiger partial charge in [-0.2, -0.15) is 0 Å². The molecule has 0 bridgehead atoms. The van der Waals surface area contributed by atoms with E-state index < -0.39 is 26.5 Å². The number of carbonyl (C=O) groups is 2. The van der Waals surface area contributed by atoms with E-state index >= 15 is 0 Å². The van der Waals surface area contributed by atoms with Crippen LogP contribution in [0.5, 0.6) is 0 Å². The van der Waals surface area contributed by atoms with Crippen LogP contribution in [-0.2, 0) is 32.7 Å². The van der Waals surface area contributed by atoms with Crippen molar-refractivity contribution in [3.8, 4) is 0 Å². The molecule has 0 aromatic rings. The van der Waals surface area contributed by atoms with Crippen molar-refractivity contribution in [1.29, 1.82) is 0 Å². The Labute approximate surface area is 549 Å². The second-order valence-electron chi connectivity index (χ2n) is 28.4. The van der Waals surface area contributed by atoms with Crippen molar-refractivity contribution in [2.45, 2.75) is 431 Å². The van der Waals surface area contributed by atoms with E-state index in [-0.39, 0.29) is 32.0 Å². The highest BCUT2D eigenvalue weighted by Gasteiger charge is 2.22. The van der Waals surface area contributed by atoms with E-state index in [0.717, 1.165) is 32.1 Å². The summed E-state index contributed by atoms with van der Waals surface area (Å²) >= 11 is 0. The zero-order valence-corrected chi connectivity index (χ0v) is 60.9. The predicted octanol–water partition coefficient (Wildman–Crippen LogP) is 25.2. The molecule has 0 heterocycles. The Balaban J connectivity index is 3.88. The molecule has 0 spiro atoms. The first-order chi connectivity index (χ1) is 43.0. The smallest absolute Gasteiger partial charge is 0.306 e. The maximum Gasteiger partial charge on any atom is 0.306 e. The van der Waals surface area contributed by atoms with E-state index in [1.54, 1.807) is 0 Å². The van der Waals surface area contributed by atoms with Crippen LogP contribution in [0.15, 0.2) is 12.2 Å². The molecule has 0 aliphatic carbocycles. The molecule has 0 fully saturated rings. The van der Waals surface area contributed by atoms with Gasteiger partial charge in [-0.3, -0.25) is 14.2 Å². The molecular formula is C78H154NO8P. The maximum absolute atomic E-state index is 12.9. The van der Waals surface area contributed by atoms with E-state index in [0.29, 0.717) is 17.4 Å². The lowest BCUT2D eigenvalue weighted by atomic mass is 10.0. The summed E-state index contributed by atoms with van der Waals surface area (Å²) in [5.74, 6) is -0.805. The molecule has 0 aliphatic rings. The number of likely N-dealkylation sites (N-methyl/N-ethyl adjacent to an activating group) is 1. The summed E-state index contributed by atoms with van der Waals surface area (Å²) in [6, 6.07) is 0. The molecule has 9 nitrogen and oxygen atoms in total. The first-order valence-corrected chi connectivity index (χ1v) is 40.9. The average molecular weight is 1270 g/mol. The Kier molecular flexibility index (Phi) is 69.1. The molecule has 0 saturated carbocycles. The van der Waals surface area contributed by atoms with Gasteiger partial charge in [-0.15, -0.1) is 0 Å². The molecule has 0 rings (SSSR count). The standard InChI is InChI=1S/C78H154NO8P/c1-6-8-10-12-14-16-18-20-22-24-26-28-30-32-34-35-36-37-38-39-40-41-42-43-45-46-48-50-52-54-56-58-60-62-64-66-68-70-77(80)84-74-76(75-86-88(82,83)85-73-72-79(3,4)5)87-78(81)71-69-67-65-63-61-59-57-55-53-51-49-47-44-33-31-29-27-25-23-21-19-17-15-13-11-9-7-2/h25,27,76H,6-24,26,28-75H2,1-5H3/b27-25-. The number of hydrogen-bond donors (Lipinski definition) is 0. The number of rotatable bonds is 75. The summed E-state index contributed by atoms with van der Waals surface area (Å²) < 4.78 is 34.4. The largest absolute Gasteiger partial charge is 0.756 e. The van der Waals surface area contributed by atoms with Gasteiger partial charge in [0.05, 0.1) is 27.7 Å². The third-order valence-electron chi connectivity index (χ3n) is 18.3. The molecule has 0 N–H and O–H groups in total. The highest BCUT2D eigenvalue weighted by Crippen LogP contribution is 2.38. The van der Waals surface area contributed by atoms with Gasteiger partial charge in [0.1, 0.15) is 19.8 Å². The Morgan fingerprint density at radius 3 is 0.841 bits per heavy atom. The number of allylic oxidation sites excluding steroid dienone is 2. The fourth-order valence-corrected chi connectivity index (χ4v) is 13.0. The minimum absolute atomic E-state index is 0.0261. The van der Waals surface area contributed by atoms with Gasteiger partial charge in [0, 0.05) is 12.8 Å². The topological polar surface area (TPSA) is 111 Å². The van der Waals surface area contributed by atoms with Crippen LogP contribution in [0.4, 0.5) is 0 Å². The fraction of sp³-hybridized carbons (Fsp3) is 0.949. The summed E-state index contributed by atoms with van der Waals surface area (Å²) in [6.45, 7) is 4.33. The minimum atomic E-state index is -4.64. The van der Waals surface area contributed by atoms with Crippen molar-refractivity contribution >= 4 is 19.8 Å². The Hall–Kier alpha value is -1.25. The van der Waals surface area contributed by atoms with Crippen molar-refractivity contribution in [3.05, 3.63) is 12.2 Å². The lowest BCUT2D eigenvalue weighted by Crippen LogP contribution is -2.37. The zero-order chi connectivity index (χ0) is 64.1. The maximum atomic E-state index is 12.9. The van der Waals surface area contributed by atoms with Crippen LogP contribution >= 0.6 is 7.82 Å². The second-order valence-corrected chi connectivity index (χ2v) is 29.9. The Morgan fingerprint density at radius 2 is 0.580 bits per heavy atom. The summed E-state index contributed by atoms with van der Waals surface area (Å²) in [7, 11) is 1.19. The highest BCUT2D eigenvalue weighted by molar-refractivity contribution is 7.45. The van der Waals surface area contributed by atoms with E-state index in [1.165, 1.54) is 360 Å². The van der Waals surface area contributed by atoms with Crippen molar-refractivity contribution in [2.24, 2.45) is 0 Å². The number of esters is 2. The summed E-state index contributed by atoms with van der Waals surface area (Å²) in [5, 5.41) is 0. The second kappa shape index (κ2) is 70.1. The van der Waals surface area contributed by atoms with Gasteiger partial charge in [0.2, 0.25) is 0 Å². The lowest BCUT2D eigenvalue weighted by molar-refractivity contribution is -0.870. The van der Waals surface area contributed by atoms with Gasteiger partial charge < -0.3 is 27.9 Å². The van der Waals surface area contributed by atoms with Crippen molar-refractivity contribution in [2.75, 3.05) is 47.5 Å². The molecule has 0 aromatic carbocycles. The van der Waals surface area contributed by atoms with Gasteiger partial charge >= 0.3 is 11.9 Å². The SMILES string of the molecule is CCCCCCCCCC/C=C\CCCCCCCCCCCCCCCCCC(=O)OC(COC(=O)CCCCCCCCCCCCCCCCCCCCCCCCCCCCCCCCCCCCCCC)COP(=O)([O-])OCC[N+](C)(C)C. The summed E-state index contributed by atoms with van der Waals surface area (Å²) in [6.07, 6.45) is 87.7. The van der Waals surface area contributed by atoms with E-state index in [2.05, 4.69) is 26.0 Å². The fourth-order valence-electron chi connectivity index (χ4n) is 12.2. The number of phosphoric acid groups is 1. The molecule has 2 atom stereocenters. The minimum Gasteiger partial charge on any atom is -0.756 e. The number of phosphoric ester groups is 1. The molecule has 2 unspecified atom stereocenters.